The Morgan fingerprint density at radius 2 is 2.00 bits per heavy atom. The van der Waals surface area contributed by atoms with E-state index in [2.05, 4.69) is 15.6 Å². The summed E-state index contributed by atoms with van der Waals surface area (Å²) in [6, 6.07) is 10.5. The highest BCUT2D eigenvalue weighted by atomic mass is 19.1. The minimum Gasteiger partial charge on any atom is -0.365 e. The van der Waals surface area contributed by atoms with Gasteiger partial charge in [-0.25, -0.2) is 13.5 Å². The topological polar surface area (TPSA) is 69.0 Å². The second kappa shape index (κ2) is 6.88. The third-order valence-corrected chi connectivity index (χ3v) is 4.42. The van der Waals surface area contributed by atoms with Crippen molar-refractivity contribution in [2.75, 3.05) is 5.32 Å². The smallest absolute Gasteiger partial charge is 0.278 e. The molecule has 6 nitrogen and oxygen atoms in total. The van der Waals surface area contributed by atoms with Crippen LogP contribution < -0.4 is 5.32 Å². The molecule has 2 aromatic carbocycles. The van der Waals surface area contributed by atoms with Gasteiger partial charge >= 0.3 is 0 Å². The predicted molar refractivity (Wildman–Crippen MR) is 93.0 cm³/mol. The Balaban J connectivity index is 1.53. The summed E-state index contributed by atoms with van der Waals surface area (Å²) in [5.41, 5.74) is 2.32. The molecule has 1 N–H and O–H groups in total. The fourth-order valence-electron chi connectivity index (χ4n) is 2.98. The molecule has 0 spiro atoms. The van der Waals surface area contributed by atoms with Crippen molar-refractivity contribution in [3.63, 3.8) is 0 Å². The summed E-state index contributed by atoms with van der Waals surface area (Å²) in [5, 5.41) is 10.5. The average Bonchev–Trinajstić information content (AvgIpc) is 3.08. The summed E-state index contributed by atoms with van der Waals surface area (Å²) in [5.74, 6) is -1.40. The van der Waals surface area contributed by atoms with Crippen molar-refractivity contribution in [2.45, 2.75) is 26.2 Å². The molecular formula is C19H16F2N4O2. The highest BCUT2D eigenvalue weighted by Gasteiger charge is 2.28. The molecule has 1 atom stereocenters. The van der Waals surface area contributed by atoms with Gasteiger partial charge in [0.15, 0.2) is 5.69 Å². The zero-order valence-electron chi connectivity index (χ0n) is 14.4. The van der Waals surface area contributed by atoms with Gasteiger partial charge in [-0.2, -0.15) is 0 Å². The van der Waals surface area contributed by atoms with E-state index in [1.807, 2.05) is 0 Å². The van der Waals surface area contributed by atoms with Crippen molar-refractivity contribution < 1.29 is 18.3 Å². The van der Waals surface area contributed by atoms with E-state index in [1.165, 1.54) is 18.2 Å². The van der Waals surface area contributed by atoms with Crippen LogP contribution >= 0.6 is 0 Å². The van der Waals surface area contributed by atoms with Gasteiger partial charge < -0.3 is 10.1 Å². The maximum atomic E-state index is 13.9. The van der Waals surface area contributed by atoms with Gasteiger partial charge in [0.05, 0.1) is 24.5 Å². The number of hydrogen-bond donors (Lipinski definition) is 1. The number of carbonyl (C=O) groups is 1. The Morgan fingerprint density at radius 1 is 1.22 bits per heavy atom. The van der Waals surface area contributed by atoms with Gasteiger partial charge in [0.2, 0.25) is 0 Å². The van der Waals surface area contributed by atoms with Gasteiger partial charge in [0.25, 0.3) is 5.91 Å². The monoisotopic (exact) mass is 370 g/mol. The summed E-state index contributed by atoms with van der Waals surface area (Å²) >= 11 is 0. The normalized spacial score (nSPS) is 16.0. The van der Waals surface area contributed by atoms with Crippen LogP contribution in [-0.4, -0.2) is 20.9 Å². The van der Waals surface area contributed by atoms with Crippen molar-refractivity contribution in [3.8, 4) is 0 Å². The maximum Gasteiger partial charge on any atom is 0.278 e. The second-order valence-electron chi connectivity index (χ2n) is 6.36. The number of ether oxygens (including phenoxy) is 1. The van der Waals surface area contributed by atoms with E-state index in [9.17, 15) is 13.6 Å². The van der Waals surface area contributed by atoms with Crippen LogP contribution in [0.1, 0.15) is 33.4 Å². The third kappa shape index (κ3) is 3.43. The molecule has 0 saturated heterocycles. The van der Waals surface area contributed by atoms with Gasteiger partial charge in [-0.3, -0.25) is 4.79 Å². The fraction of sp³-hybridized carbons (Fsp3) is 0.211. The molecule has 1 amide bonds. The molecule has 27 heavy (non-hydrogen) atoms. The van der Waals surface area contributed by atoms with Gasteiger partial charge in [-0.1, -0.05) is 23.4 Å². The highest BCUT2D eigenvalue weighted by molar-refractivity contribution is 6.03. The van der Waals surface area contributed by atoms with Crippen LogP contribution in [0.25, 0.3) is 0 Å². The average molecular weight is 370 g/mol. The van der Waals surface area contributed by atoms with Gasteiger partial charge in [-0.15, -0.1) is 5.10 Å². The molecular weight excluding hydrogens is 354 g/mol. The Morgan fingerprint density at radius 3 is 2.78 bits per heavy atom. The fourth-order valence-corrected chi connectivity index (χ4v) is 2.98. The number of rotatable bonds is 3. The van der Waals surface area contributed by atoms with Crippen molar-refractivity contribution >= 4 is 11.6 Å². The van der Waals surface area contributed by atoms with E-state index >= 15 is 0 Å². The molecule has 4 rings (SSSR count). The summed E-state index contributed by atoms with van der Waals surface area (Å²) in [4.78, 5) is 12.5. The van der Waals surface area contributed by atoms with Crippen molar-refractivity contribution in [3.05, 3.63) is 76.6 Å². The van der Waals surface area contributed by atoms with Crippen LogP contribution in [-0.2, 0) is 17.9 Å². The van der Waals surface area contributed by atoms with E-state index in [-0.39, 0.29) is 29.9 Å². The van der Waals surface area contributed by atoms with E-state index < -0.39 is 11.7 Å². The minimum atomic E-state index is -0.551. The first-order chi connectivity index (χ1) is 13.0. The molecule has 8 heteroatoms. The minimum absolute atomic E-state index is 0.0858. The molecule has 1 aliphatic rings. The largest absolute Gasteiger partial charge is 0.365 e. The lowest BCUT2D eigenvalue weighted by atomic mass is 10.1. The maximum absolute atomic E-state index is 13.9. The standard InChI is InChI=1S/C19H16F2N4O2/c1-11-2-7-14(21)15(8-11)22-19(26)18-16-10-27-17(9-25(16)24-23-18)12-3-5-13(20)6-4-12/h2-8,17H,9-10H2,1H3,(H,22,26)/t17-/m0/s1. The summed E-state index contributed by atoms with van der Waals surface area (Å²) < 4.78 is 34.3. The van der Waals surface area contributed by atoms with Crippen molar-refractivity contribution in [1.82, 2.24) is 15.0 Å². The first kappa shape index (κ1) is 17.3. The highest BCUT2D eigenvalue weighted by Crippen LogP contribution is 2.27. The zero-order valence-corrected chi connectivity index (χ0v) is 14.4. The molecule has 2 heterocycles. The molecule has 138 valence electrons. The molecule has 0 unspecified atom stereocenters. The molecule has 0 aliphatic carbocycles. The van der Waals surface area contributed by atoms with Crippen LogP contribution in [0.4, 0.5) is 14.5 Å². The number of benzene rings is 2. The second-order valence-corrected chi connectivity index (χ2v) is 6.36. The van der Waals surface area contributed by atoms with Crippen LogP contribution in [0, 0.1) is 18.6 Å². The number of nitrogens with zero attached hydrogens (tertiary/aromatic N) is 3. The number of aryl methyl sites for hydroxylation is 1. The van der Waals surface area contributed by atoms with Gasteiger partial charge in [0.1, 0.15) is 17.7 Å². The van der Waals surface area contributed by atoms with Crippen LogP contribution in [0.2, 0.25) is 0 Å². The Hall–Kier alpha value is -3.13. The summed E-state index contributed by atoms with van der Waals surface area (Å²) in [6.07, 6.45) is -0.315. The lowest BCUT2D eigenvalue weighted by molar-refractivity contribution is -0.00174. The molecule has 3 aromatic rings. The third-order valence-electron chi connectivity index (χ3n) is 4.42. The molecule has 0 radical (unpaired) electrons. The first-order valence-electron chi connectivity index (χ1n) is 8.38. The van der Waals surface area contributed by atoms with Crippen molar-refractivity contribution in [1.29, 1.82) is 0 Å². The van der Waals surface area contributed by atoms with E-state index in [1.54, 1.807) is 35.9 Å². The Labute approximate surface area is 153 Å². The van der Waals surface area contributed by atoms with Gasteiger partial charge in [-0.05, 0) is 42.3 Å². The lowest BCUT2D eigenvalue weighted by Crippen LogP contribution is -2.24. The van der Waals surface area contributed by atoms with Gasteiger partial charge in [0, 0.05) is 0 Å². The van der Waals surface area contributed by atoms with Crippen LogP contribution in [0.3, 0.4) is 0 Å². The summed E-state index contributed by atoms with van der Waals surface area (Å²) in [7, 11) is 0. The number of aromatic nitrogens is 3. The van der Waals surface area contributed by atoms with Crippen LogP contribution in [0.15, 0.2) is 42.5 Å². The molecule has 0 bridgehead atoms. The number of nitrogens with one attached hydrogen (secondary N) is 1. The number of fused-ring (bicyclic) bond motifs is 1. The lowest BCUT2D eigenvalue weighted by Gasteiger charge is -2.24. The molecule has 1 aromatic heterocycles. The molecule has 0 saturated carbocycles. The predicted octanol–water partition coefficient (Wildman–Crippen LogP) is 3.39. The number of anilines is 1. The molecule has 1 aliphatic heterocycles. The SMILES string of the molecule is Cc1ccc(F)c(NC(=O)c2nnn3c2CO[C@H](c2ccc(F)cc2)C3)c1. The number of halogens is 2. The zero-order chi connectivity index (χ0) is 19.0. The number of amides is 1. The van der Waals surface area contributed by atoms with E-state index in [4.69, 9.17) is 4.74 Å². The van der Waals surface area contributed by atoms with Crippen molar-refractivity contribution in [2.24, 2.45) is 0 Å². The van der Waals surface area contributed by atoms with E-state index in [0.29, 0.717) is 12.2 Å². The van der Waals surface area contributed by atoms with E-state index in [0.717, 1.165) is 11.1 Å². The summed E-state index contributed by atoms with van der Waals surface area (Å²) in [6.45, 7) is 2.27. The number of hydrogen-bond acceptors (Lipinski definition) is 4. The Bertz CT molecular complexity index is 1000. The Kier molecular flexibility index (Phi) is 4.41. The van der Waals surface area contributed by atoms with Crippen LogP contribution in [0.5, 0.6) is 0 Å². The first-order valence-corrected chi connectivity index (χ1v) is 8.38. The number of carbonyl (C=O) groups excluding carboxylic acids is 1. The quantitative estimate of drug-likeness (QED) is 0.767. The molecule has 0 fully saturated rings.